The molecular formula is C21H24O3. The molecule has 3 heteroatoms. The predicted octanol–water partition coefficient (Wildman–Crippen LogP) is 4.95. The lowest BCUT2D eigenvalue weighted by atomic mass is 9.88. The maximum Gasteiger partial charge on any atom is 0.337 e. The van der Waals surface area contributed by atoms with E-state index in [-0.39, 0.29) is 11.7 Å². The van der Waals surface area contributed by atoms with Gasteiger partial charge in [0.15, 0.2) is 5.78 Å². The molecule has 0 spiro atoms. The van der Waals surface area contributed by atoms with Gasteiger partial charge in [-0.15, -0.1) is 0 Å². The third kappa shape index (κ3) is 3.73. The normalized spacial score (nSPS) is 11.0. The minimum Gasteiger partial charge on any atom is -0.465 e. The van der Waals surface area contributed by atoms with Gasteiger partial charge >= 0.3 is 5.97 Å². The van der Waals surface area contributed by atoms with Crippen LogP contribution in [0.4, 0.5) is 0 Å². The van der Waals surface area contributed by atoms with Crippen LogP contribution in [0.3, 0.4) is 0 Å². The standard InChI is InChI=1S/C21H24O3/c1-13(2)17-10-11-18(19(12-17)14(3)4)20(22)15-6-8-16(9-7-15)21(23)24-5/h6-14H,1-5H3. The number of carbonyl (C=O) groups excluding carboxylic acids is 2. The number of benzene rings is 2. The van der Waals surface area contributed by atoms with Crippen LogP contribution in [0, 0.1) is 0 Å². The average Bonchev–Trinajstić information content (AvgIpc) is 2.59. The summed E-state index contributed by atoms with van der Waals surface area (Å²) in [6.45, 7) is 8.48. The minimum absolute atomic E-state index is 0.0228. The van der Waals surface area contributed by atoms with E-state index >= 15 is 0 Å². The molecule has 0 aliphatic carbocycles. The van der Waals surface area contributed by atoms with Gasteiger partial charge in [0.1, 0.15) is 0 Å². The number of rotatable bonds is 5. The third-order valence-corrected chi connectivity index (χ3v) is 4.18. The van der Waals surface area contributed by atoms with E-state index in [1.165, 1.54) is 12.7 Å². The van der Waals surface area contributed by atoms with Crippen LogP contribution in [0.15, 0.2) is 42.5 Å². The molecule has 2 aromatic carbocycles. The monoisotopic (exact) mass is 324 g/mol. The highest BCUT2D eigenvalue weighted by Crippen LogP contribution is 2.26. The predicted molar refractivity (Wildman–Crippen MR) is 95.8 cm³/mol. The first-order valence-corrected chi connectivity index (χ1v) is 8.22. The molecule has 0 bridgehead atoms. The first-order valence-electron chi connectivity index (χ1n) is 8.22. The van der Waals surface area contributed by atoms with Crippen LogP contribution < -0.4 is 0 Å². The Morgan fingerprint density at radius 1 is 0.833 bits per heavy atom. The Balaban J connectivity index is 2.40. The Labute approximate surface area is 143 Å². The van der Waals surface area contributed by atoms with Gasteiger partial charge in [0.2, 0.25) is 0 Å². The fourth-order valence-corrected chi connectivity index (χ4v) is 2.66. The van der Waals surface area contributed by atoms with E-state index in [0.717, 1.165) is 11.1 Å². The molecule has 2 rings (SSSR count). The van der Waals surface area contributed by atoms with Crippen LogP contribution >= 0.6 is 0 Å². The summed E-state index contributed by atoms with van der Waals surface area (Å²) in [7, 11) is 1.34. The maximum atomic E-state index is 12.9. The fourth-order valence-electron chi connectivity index (χ4n) is 2.66. The number of ketones is 1. The van der Waals surface area contributed by atoms with E-state index in [4.69, 9.17) is 0 Å². The van der Waals surface area contributed by atoms with Crippen molar-refractivity contribution in [3.05, 3.63) is 70.3 Å². The summed E-state index contributed by atoms with van der Waals surface area (Å²) in [5, 5.41) is 0. The van der Waals surface area contributed by atoms with Crippen molar-refractivity contribution >= 4 is 11.8 Å². The average molecular weight is 324 g/mol. The van der Waals surface area contributed by atoms with Crippen molar-refractivity contribution in [2.75, 3.05) is 7.11 Å². The van der Waals surface area contributed by atoms with E-state index < -0.39 is 5.97 Å². The molecule has 0 aliphatic heterocycles. The van der Waals surface area contributed by atoms with Crippen LogP contribution in [0.5, 0.6) is 0 Å². The number of hydrogen-bond donors (Lipinski definition) is 0. The van der Waals surface area contributed by atoms with Crippen LogP contribution in [-0.2, 0) is 4.74 Å². The molecule has 0 aliphatic rings. The second-order valence-electron chi connectivity index (χ2n) is 6.55. The molecule has 24 heavy (non-hydrogen) atoms. The molecule has 0 radical (unpaired) electrons. The SMILES string of the molecule is COC(=O)c1ccc(C(=O)c2ccc(C(C)C)cc2C(C)C)cc1. The van der Waals surface area contributed by atoms with Crippen molar-refractivity contribution in [1.29, 1.82) is 0 Å². The summed E-state index contributed by atoms with van der Waals surface area (Å²) in [6.07, 6.45) is 0. The van der Waals surface area contributed by atoms with Crippen LogP contribution in [0.2, 0.25) is 0 Å². The van der Waals surface area contributed by atoms with E-state index in [1.54, 1.807) is 24.3 Å². The van der Waals surface area contributed by atoms with Crippen molar-refractivity contribution in [2.24, 2.45) is 0 Å². The zero-order valence-electron chi connectivity index (χ0n) is 14.9. The van der Waals surface area contributed by atoms with Gasteiger partial charge in [-0.05, 0) is 35.1 Å². The minimum atomic E-state index is -0.404. The van der Waals surface area contributed by atoms with E-state index in [9.17, 15) is 9.59 Å². The van der Waals surface area contributed by atoms with Crippen molar-refractivity contribution < 1.29 is 14.3 Å². The van der Waals surface area contributed by atoms with Gasteiger partial charge in [-0.1, -0.05) is 58.0 Å². The molecule has 0 unspecified atom stereocenters. The Hall–Kier alpha value is -2.42. The zero-order valence-corrected chi connectivity index (χ0v) is 14.9. The van der Waals surface area contributed by atoms with Gasteiger partial charge in [-0.25, -0.2) is 4.79 Å². The Morgan fingerprint density at radius 3 is 1.92 bits per heavy atom. The third-order valence-electron chi connectivity index (χ3n) is 4.18. The zero-order chi connectivity index (χ0) is 17.9. The van der Waals surface area contributed by atoms with Gasteiger partial charge in [0.25, 0.3) is 0 Å². The molecule has 0 fully saturated rings. The second kappa shape index (κ2) is 7.43. The molecule has 2 aromatic rings. The van der Waals surface area contributed by atoms with E-state index in [0.29, 0.717) is 17.0 Å². The summed E-state index contributed by atoms with van der Waals surface area (Å²) in [4.78, 5) is 24.4. The highest BCUT2D eigenvalue weighted by molar-refractivity contribution is 6.10. The van der Waals surface area contributed by atoms with E-state index in [2.05, 4.69) is 38.5 Å². The van der Waals surface area contributed by atoms with Gasteiger partial charge in [0.05, 0.1) is 12.7 Å². The number of ether oxygens (including phenoxy) is 1. The number of hydrogen-bond acceptors (Lipinski definition) is 3. The van der Waals surface area contributed by atoms with Crippen molar-refractivity contribution in [3.8, 4) is 0 Å². The van der Waals surface area contributed by atoms with Crippen molar-refractivity contribution in [3.63, 3.8) is 0 Å². The molecule has 0 saturated carbocycles. The molecule has 0 aromatic heterocycles. The summed E-state index contributed by atoms with van der Waals surface area (Å²) < 4.78 is 4.68. The number of methoxy groups -OCH3 is 1. The van der Waals surface area contributed by atoms with Gasteiger partial charge < -0.3 is 4.74 Å². The molecule has 0 saturated heterocycles. The molecule has 0 N–H and O–H groups in total. The van der Waals surface area contributed by atoms with Crippen LogP contribution in [-0.4, -0.2) is 18.9 Å². The molecule has 3 nitrogen and oxygen atoms in total. The topological polar surface area (TPSA) is 43.4 Å². The summed E-state index contributed by atoms with van der Waals surface area (Å²) in [5.74, 6) is 0.256. The van der Waals surface area contributed by atoms with E-state index in [1.807, 2.05) is 12.1 Å². The first kappa shape index (κ1) is 17.9. The maximum absolute atomic E-state index is 12.9. The highest BCUT2D eigenvalue weighted by Gasteiger charge is 2.17. The quantitative estimate of drug-likeness (QED) is 0.577. The molecule has 126 valence electrons. The molecule has 0 amide bonds. The van der Waals surface area contributed by atoms with Crippen molar-refractivity contribution in [2.45, 2.75) is 39.5 Å². The summed E-state index contributed by atoms with van der Waals surface area (Å²) in [5.41, 5.74) is 4.02. The number of carbonyl (C=O) groups is 2. The lowest BCUT2D eigenvalue weighted by Gasteiger charge is -2.16. The molecule has 0 atom stereocenters. The molecular weight excluding hydrogens is 300 g/mol. The van der Waals surface area contributed by atoms with Crippen molar-refractivity contribution in [1.82, 2.24) is 0 Å². The first-order chi connectivity index (χ1) is 11.3. The number of esters is 1. The molecule has 0 heterocycles. The second-order valence-corrected chi connectivity index (χ2v) is 6.55. The van der Waals surface area contributed by atoms with Gasteiger partial charge in [-0.3, -0.25) is 4.79 Å². The van der Waals surface area contributed by atoms with Crippen LogP contribution in [0.1, 0.15) is 76.9 Å². The summed E-state index contributed by atoms with van der Waals surface area (Å²) in [6, 6.07) is 12.7. The summed E-state index contributed by atoms with van der Waals surface area (Å²) >= 11 is 0. The Morgan fingerprint density at radius 2 is 1.42 bits per heavy atom. The highest BCUT2D eigenvalue weighted by atomic mass is 16.5. The lowest BCUT2D eigenvalue weighted by Crippen LogP contribution is -2.09. The van der Waals surface area contributed by atoms with Crippen LogP contribution in [0.25, 0.3) is 0 Å². The van der Waals surface area contributed by atoms with Gasteiger partial charge in [0, 0.05) is 11.1 Å². The van der Waals surface area contributed by atoms with Gasteiger partial charge in [-0.2, -0.15) is 0 Å². The fraction of sp³-hybridized carbons (Fsp3) is 0.333. The smallest absolute Gasteiger partial charge is 0.337 e. The lowest BCUT2D eigenvalue weighted by molar-refractivity contribution is 0.0600. The largest absolute Gasteiger partial charge is 0.465 e. The Kier molecular flexibility index (Phi) is 5.55. The Bertz CT molecular complexity index is 740.